The summed E-state index contributed by atoms with van der Waals surface area (Å²) in [6, 6.07) is 7.73. The quantitative estimate of drug-likeness (QED) is 0.0435. The van der Waals surface area contributed by atoms with E-state index in [0.717, 1.165) is 73.0 Å². The number of amides is 3. The van der Waals surface area contributed by atoms with Gasteiger partial charge in [0, 0.05) is 53.9 Å². The molecule has 0 saturated carbocycles. The Morgan fingerprint density at radius 2 is 0.767 bits per heavy atom. The number of hydrogen-bond donors (Lipinski definition) is 6. The van der Waals surface area contributed by atoms with Gasteiger partial charge < -0.3 is 29.5 Å². The molecule has 6 heterocycles. The molecule has 0 radical (unpaired) electrons. The molecule has 3 aromatic carbocycles. The molecule has 0 spiro atoms. The lowest BCUT2D eigenvalue weighted by atomic mass is 10.0. The van der Waals surface area contributed by atoms with Crippen LogP contribution in [0.3, 0.4) is 0 Å². The molecule has 0 aliphatic carbocycles. The van der Waals surface area contributed by atoms with E-state index in [9.17, 15) is 54.0 Å². The van der Waals surface area contributed by atoms with E-state index in [2.05, 4.69) is 15.5 Å². The van der Waals surface area contributed by atoms with Crippen LogP contribution in [0.4, 0.5) is 34.7 Å². The fourth-order valence-electron chi connectivity index (χ4n) is 7.63. The van der Waals surface area contributed by atoms with Crippen LogP contribution < -0.4 is 30.1 Å². The largest absolute Gasteiger partial charge is 0.337 e. The molecule has 6 aromatic heterocycles. The molecule has 90 heavy (non-hydrogen) atoms. The van der Waals surface area contributed by atoms with Gasteiger partial charge >= 0.3 is 0 Å². The number of ketones is 3. The second-order valence-corrected chi connectivity index (χ2v) is 26.5. The predicted molar refractivity (Wildman–Crippen MR) is 345 cm³/mol. The molecule has 474 valence electrons. The van der Waals surface area contributed by atoms with Crippen molar-refractivity contribution in [3.63, 3.8) is 0 Å². The molecule has 0 fully saturated rings. The average Bonchev–Trinajstić information content (AvgIpc) is 1.65. The summed E-state index contributed by atoms with van der Waals surface area (Å²) in [6.45, 7) is -0.928. The highest BCUT2D eigenvalue weighted by Gasteiger charge is 2.31. The number of rotatable bonds is 18. The molecule has 6 N–H and O–H groups in total. The van der Waals surface area contributed by atoms with Crippen LogP contribution in [0.5, 0.6) is 0 Å². The van der Waals surface area contributed by atoms with Crippen LogP contribution in [0.1, 0.15) is 170 Å². The molecule has 9 aromatic rings. The monoisotopic (exact) mass is 1360 g/mol. The second-order valence-electron chi connectivity index (χ2n) is 19.0. The van der Waals surface area contributed by atoms with E-state index < -0.39 is 186 Å². The van der Waals surface area contributed by atoms with Gasteiger partial charge in [-0.05, 0) is 189 Å². The van der Waals surface area contributed by atoms with Crippen molar-refractivity contribution in [1.29, 1.82) is 0 Å². The molecule has 3 amide bonds. The van der Waals surface area contributed by atoms with Gasteiger partial charge in [0.25, 0.3) is 47.8 Å². The van der Waals surface area contributed by atoms with Gasteiger partial charge in [0.15, 0.2) is 25.8 Å². The summed E-state index contributed by atoms with van der Waals surface area (Å²) >= 11 is 1.88. The van der Waals surface area contributed by atoms with Crippen LogP contribution >= 0.6 is 34.0 Å². The summed E-state index contributed by atoms with van der Waals surface area (Å²) in [5, 5.41) is 14.8. The van der Waals surface area contributed by atoms with Gasteiger partial charge in [-0.2, -0.15) is 0 Å². The zero-order chi connectivity index (χ0) is 85.2. The Kier molecular flexibility index (Phi) is 13.3. The minimum absolute atomic E-state index is 0.0344. The summed E-state index contributed by atoms with van der Waals surface area (Å²) in [5.74, 6) is -7.68. The number of hydrogen-bond acceptors (Lipinski definition) is 21. The number of aromatic nitrogens is 3. The van der Waals surface area contributed by atoms with E-state index in [0.29, 0.717) is 56.1 Å². The van der Waals surface area contributed by atoms with Crippen molar-refractivity contribution in [3.05, 3.63) is 169 Å². The summed E-state index contributed by atoms with van der Waals surface area (Å²) in [5.41, 5.74) is -4.00. The van der Waals surface area contributed by atoms with Crippen LogP contribution in [0.2, 0.25) is 8.47 Å². The number of thiophene rings is 3. The van der Waals surface area contributed by atoms with Crippen molar-refractivity contribution in [3.8, 4) is 0 Å². The summed E-state index contributed by atoms with van der Waals surface area (Å²) in [6.07, 6.45) is 0. The molecule has 0 saturated heterocycles. The zero-order valence-corrected chi connectivity index (χ0v) is 53.3. The predicted octanol–water partition coefficient (Wildman–Crippen LogP) is 12.7. The van der Waals surface area contributed by atoms with Crippen molar-refractivity contribution in [2.45, 2.75) is 118 Å². The number of nitrogens with zero attached hydrogens (tertiary/aromatic N) is 3. The molecule has 30 heteroatoms. The first-order chi connectivity index (χ1) is 51.1. The fourth-order valence-corrected chi connectivity index (χ4v) is 14.4. The minimum atomic E-state index is -5.06. The molecular weight excluding hydrogens is 1280 g/mol. The van der Waals surface area contributed by atoms with Gasteiger partial charge in [-0.3, -0.25) is 28.8 Å². The van der Waals surface area contributed by atoms with Gasteiger partial charge in [0.05, 0.1) is 35.5 Å². The molecule has 0 atom stereocenters. The van der Waals surface area contributed by atoms with Crippen molar-refractivity contribution >= 4 is 134 Å². The molecular formula is C60H63N9O15S6. The Hall–Kier alpha value is -8.94. The van der Waals surface area contributed by atoms with Crippen molar-refractivity contribution in [1.82, 2.24) is 15.5 Å². The van der Waals surface area contributed by atoms with Gasteiger partial charge in [0.1, 0.15) is 29.3 Å². The smallest absolute Gasteiger partial charge is 0.267 e. The Bertz CT molecular complexity index is 5610. The molecule has 0 unspecified atom stereocenters. The third-order valence-corrected chi connectivity index (χ3v) is 19.4. The van der Waals surface area contributed by atoms with Gasteiger partial charge in [-0.15, -0.1) is 34.0 Å². The molecule has 0 bridgehead atoms. The van der Waals surface area contributed by atoms with Gasteiger partial charge in [0.2, 0.25) is 17.7 Å². The number of Topliss-reactive ketones (excluding diaryl/α,β-unsaturated/α-hetero) is 3. The Labute approximate surface area is 562 Å². The maximum absolute atomic E-state index is 13.5. The van der Waals surface area contributed by atoms with Crippen LogP contribution in [-0.2, 0) is 30.1 Å². The summed E-state index contributed by atoms with van der Waals surface area (Å²) < 4.78 is 268. The van der Waals surface area contributed by atoms with Crippen LogP contribution in [0.25, 0.3) is 0 Å². The number of aryl methyl sites for hydroxylation is 9. The number of anilines is 6. The maximum Gasteiger partial charge on any atom is 0.267 e. The Balaban J connectivity index is 0.000000234. The lowest BCUT2D eigenvalue weighted by Crippen LogP contribution is -2.20. The molecule has 9 rings (SSSR count). The number of benzene rings is 3. The van der Waals surface area contributed by atoms with E-state index in [-0.39, 0.29) is 64.1 Å². The second kappa shape index (κ2) is 27.4. The van der Waals surface area contributed by atoms with Gasteiger partial charge in [-0.25, -0.2) is 39.4 Å². The Morgan fingerprint density at radius 3 is 1.07 bits per heavy atom. The first kappa shape index (κ1) is 43.7. The first-order valence-electron chi connectivity index (χ1n) is 36.0. The molecule has 24 nitrogen and oxygen atoms in total. The third-order valence-electron chi connectivity index (χ3n) is 12.4. The highest BCUT2D eigenvalue weighted by Crippen LogP contribution is 2.34. The molecule has 0 aliphatic heterocycles. The third kappa shape index (κ3) is 15.4. The van der Waals surface area contributed by atoms with Crippen molar-refractivity contribution in [2.24, 2.45) is 0 Å². The van der Waals surface area contributed by atoms with E-state index in [1.54, 1.807) is 33.8 Å². The van der Waals surface area contributed by atoms with E-state index in [4.69, 9.17) is 44.0 Å². The SMILES string of the molecule is [2H]N(C(=O)c1sccc1S(=O)(=O)N([2H])c1onc(C)c1C([2H])([2H])[2H])c1c(C(C)=O)cc(C([2H])([2H])[2H])cc1C([2H])([2H])[2H].[2H]N(C(=O)c1sccc1S(=O)(=O)N([2H])c1onc(C)c1C)c1c(C(C)=O)cc(C([2H])([2H])[2H])cc1C([2H])([2H])[2H].[2H]c1c(C)cc(C)c(N([2H])C(=O)c2sccc2S(=O)(=O)N([2H])c2onc(C)c2C)c1C(C)=O. The lowest BCUT2D eigenvalue weighted by Gasteiger charge is -2.14. The highest BCUT2D eigenvalue weighted by atomic mass is 32.2. The topological polar surface area (TPSA) is 355 Å². The van der Waals surface area contributed by atoms with Crippen LogP contribution in [-0.4, -0.2) is 75.8 Å². The van der Waals surface area contributed by atoms with E-state index >= 15 is 0 Å². The van der Waals surface area contributed by atoms with Gasteiger partial charge in [-0.1, -0.05) is 33.7 Å². The summed E-state index contributed by atoms with van der Waals surface area (Å²) in [4.78, 5) is 73.6. The minimum Gasteiger partial charge on any atom is -0.337 e. The van der Waals surface area contributed by atoms with Crippen LogP contribution in [0, 0.1) is 82.7 Å². The standard InChI is InChI=1S/3C20H21N3O5S2/c3*1-10-8-11(2)17(15(9-10)14(5)24)21-19(25)18-16(6-7-29-18)30(26,27)23-20-12(3)13(4)22-28-20/h3*6-9,23H,1-5H3,(H,21,25)/i1D3,2D3,3D3;1D3,2D3;9D/hD6. The molecule has 0 aliphatic rings. The van der Waals surface area contributed by atoms with E-state index in [1.807, 2.05) is 0 Å². The maximum atomic E-state index is 13.5. The van der Waals surface area contributed by atoms with Crippen molar-refractivity contribution < 1.29 is 98.0 Å². The van der Waals surface area contributed by atoms with E-state index in [1.165, 1.54) is 38.5 Å². The zero-order valence-electron chi connectivity index (χ0n) is 70.4. The highest BCUT2D eigenvalue weighted by molar-refractivity contribution is 7.93. The number of carbonyl (C=O) groups excluding carboxylic acids is 6. The first-order valence-corrected chi connectivity index (χ1v) is 32.3. The fraction of sp³-hybridized carbons (Fsp3) is 0.250. The number of sulfonamides is 3. The summed E-state index contributed by atoms with van der Waals surface area (Å²) in [7, 11) is -14.4. The Morgan fingerprint density at radius 1 is 0.444 bits per heavy atom. The normalized spacial score (nSPS) is 15.6. The lowest BCUT2D eigenvalue weighted by molar-refractivity contribution is 0.100. The number of carbonyl (C=O) groups is 6. The average molecular weight is 1360 g/mol. The number of nitrogens with one attached hydrogen (secondary N) is 6. The van der Waals surface area contributed by atoms with Crippen LogP contribution in [0.15, 0.2) is 99.0 Å². The van der Waals surface area contributed by atoms with Crippen molar-refractivity contribution in [2.75, 3.05) is 30.1 Å².